The van der Waals surface area contributed by atoms with E-state index in [-0.39, 0.29) is 11.6 Å². The molecule has 0 fully saturated rings. The standard InChI is InChI=1S/C16H24N4O/c1-12(17-10-15-19-18-11-20(15)5)13-6-8-14(9-7-13)21-16(2,3)4/h6-9,11-12,17H,10H2,1-5H3/t12-/m1/s1. The Morgan fingerprint density at radius 3 is 2.43 bits per heavy atom. The number of rotatable bonds is 5. The molecule has 1 aromatic carbocycles. The Bertz CT molecular complexity index is 569. The Morgan fingerprint density at radius 2 is 1.90 bits per heavy atom. The van der Waals surface area contributed by atoms with Crippen LogP contribution in [0.15, 0.2) is 30.6 Å². The monoisotopic (exact) mass is 288 g/mol. The molecule has 0 aliphatic carbocycles. The maximum atomic E-state index is 5.83. The molecule has 0 saturated carbocycles. The molecule has 0 spiro atoms. The number of benzene rings is 1. The number of hydrogen-bond donors (Lipinski definition) is 1. The van der Waals surface area contributed by atoms with Crippen LogP contribution >= 0.6 is 0 Å². The minimum absolute atomic E-state index is 0.170. The molecule has 1 heterocycles. The summed E-state index contributed by atoms with van der Waals surface area (Å²) in [4.78, 5) is 0. The third kappa shape index (κ3) is 4.56. The van der Waals surface area contributed by atoms with E-state index in [1.165, 1.54) is 5.56 Å². The van der Waals surface area contributed by atoms with Crippen LogP contribution in [-0.4, -0.2) is 20.4 Å². The van der Waals surface area contributed by atoms with Crippen LogP contribution in [0.4, 0.5) is 0 Å². The summed E-state index contributed by atoms with van der Waals surface area (Å²) in [7, 11) is 1.94. The van der Waals surface area contributed by atoms with Crippen LogP contribution in [0.1, 0.15) is 45.1 Å². The van der Waals surface area contributed by atoms with Gasteiger partial charge in [0.25, 0.3) is 0 Å². The molecule has 0 aliphatic heterocycles. The van der Waals surface area contributed by atoms with Crippen LogP contribution in [0.25, 0.3) is 0 Å². The second-order valence-electron chi connectivity index (χ2n) is 6.24. The lowest BCUT2D eigenvalue weighted by Crippen LogP contribution is -2.23. The first-order valence-corrected chi connectivity index (χ1v) is 7.20. The van der Waals surface area contributed by atoms with Gasteiger partial charge >= 0.3 is 0 Å². The van der Waals surface area contributed by atoms with E-state index in [2.05, 4.69) is 34.6 Å². The second-order valence-corrected chi connectivity index (χ2v) is 6.24. The van der Waals surface area contributed by atoms with Gasteiger partial charge in [-0.2, -0.15) is 0 Å². The van der Waals surface area contributed by atoms with Crippen molar-refractivity contribution in [2.75, 3.05) is 0 Å². The lowest BCUT2D eigenvalue weighted by molar-refractivity contribution is 0.131. The van der Waals surface area contributed by atoms with Crippen LogP contribution in [-0.2, 0) is 13.6 Å². The lowest BCUT2D eigenvalue weighted by Gasteiger charge is -2.22. The number of aryl methyl sites for hydroxylation is 1. The normalized spacial score (nSPS) is 13.2. The zero-order chi connectivity index (χ0) is 15.5. The molecular formula is C16H24N4O. The predicted molar refractivity (Wildman–Crippen MR) is 83.1 cm³/mol. The van der Waals surface area contributed by atoms with Crippen molar-refractivity contribution in [3.8, 4) is 5.75 Å². The van der Waals surface area contributed by atoms with Crippen molar-refractivity contribution in [3.05, 3.63) is 42.0 Å². The molecule has 0 radical (unpaired) electrons. The fraction of sp³-hybridized carbons (Fsp3) is 0.500. The molecule has 0 amide bonds. The summed E-state index contributed by atoms with van der Waals surface area (Å²) in [6.07, 6.45) is 1.71. The van der Waals surface area contributed by atoms with Crippen molar-refractivity contribution in [2.24, 2.45) is 7.05 Å². The molecule has 21 heavy (non-hydrogen) atoms. The zero-order valence-corrected chi connectivity index (χ0v) is 13.4. The molecule has 1 atom stereocenters. The van der Waals surface area contributed by atoms with Gasteiger partial charge in [-0.15, -0.1) is 10.2 Å². The maximum absolute atomic E-state index is 5.83. The summed E-state index contributed by atoms with van der Waals surface area (Å²) >= 11 is 0. The third-order valence-corrected chi connectivity index (χ3v) is 3.18. The van der Waals surface area contributed by atoms with Crippen LogP contribution in [0.3, 0.4) is 0 Å². The molecule has 0 aliphatic rings. The van der Waals surface area contributed by atoms with Crippen LogP contribution in [0, 0.1) is 0 Å². The van der Waals surface area contributed by atoms with Gasteiger partial charge in [0.2, 0.25) is 0 Å². The maximum Gasteiger partial charge on any atom is 0.146 e. The summed E-state index contributed by atoms with van der Waals surface area (Å²) in [6, 6.07) is 8.46. The first-order chi connectivity index (χ1) is 9.85. The summed E-state index contributed by atoms with van der Waals surface area (Å²) in [6.45, 7) is 8.97. The third-order valence-electron chi connectivity index (χ3n) is 3.18. The van der Waals surface area contributed by atoms with Gasteiger partial charge in [0.1, 0.15) is 23.5 Å². The van der Waals surface area contributed by atoms with E-state index in [9.17, 15) is 0 Å². The van der Waals surface area contributed by atoms with Crippen molar-refractivity contribution in [3.63, 3.8) is 0 Å². The van der Waals surface area contributed by atoms with Crippen molar-refractivity contribution < 1.29 is 4.74 Å². The highest BCUT2D eigenvalue weighted by Crippen LogP contribution is 2.21. The molecule has 0 unspecified atom stereocenters. The Morgan fingerprint density at radius 1 is 1.24 bits per heavy atom. The van der Waals surface area contributed by atoms with Gasteiger partial charge in [-0.3, -0.25) is 0 Å². The van der Waals surface area contributed by atoms with Crippen LogP contribution in [0.2, 0.25) is 0 Å². The average molecular weight is 288 g/mol. The first kappa shape index (κ1) is 15.5. The van der Waals surface area contributed by atoms with E-state index >= 15 is 0 Å². The van der Waals surface area contributed by atoms with Gasteiger partial charge in [-0.1, -0.05) is 12.1 Å². The molecular weight excluding hydrogens is 264 g/mol. The van der Waals surface area contributed by atoms with Gasteiger partial charge < -0.3 is 14.6 Å². The number of hydrogen-bond acceptors (Lipinski definition) is 4. The summed E-state index contributed by atoms with van der Waals surface area (Å²) in [5, 5.41) is 11.4. The van der Waals surface area contributed by atoms with Gasteiger partial charge in [0.05, 0.1) is 6.54 Å². The smallest absolute Gasteiger partial charge is 0.146 e. The zero-order valence-electron chi connectivity index (χ0n) is 13.4. The molecule has 5 heteroatoms. The predicted octanol–water partition coefficient (Wildman–Crippen LogP) is 2.84. The highest BCUT2D eigenvalue weighted by atomic mass is 16.5. The topological polar surface area (TPSA) is 52.0 Å². The van der Waals surface area contributed by atoms with E-state index in [1.54, 1.807) is 6.33 Å². The number of nitrogens with zero attached hydrogens (tertiary/aromatic N) is 3. The van der Waals surface area contributed by atoms with E-state index in [1.807, 2.05) is 44.5 Å². The Hall–Kier alpha value is -1.88. The molecule has 1 aromatic heterocycles. The fourth-order valence-electron chi connectivity index (χ4n) is 2.01. The van der Waals surface area contributed by atoms with Crippen molar-refractivity contribution in [1.29, 1.82) is 0 Å². The van der Waals surface area contributed by atoms with E-state index in [0.29, 0.717) is 6.54 Å². The Kier molecular flexibility index (Phi) is 4.63. The number of ether oxygens (including phenoxy) is 1. The van der Waals surface area contributed by atoms with Gasteiger partial charge in [0.15, 0.2) is 0 Å². The highest BCUT2D eigenvalue weighted by molar-refractivity contribution is 5.29. The lowest BCUT2D eigenvalue weighted by atomic mass is 10.1. The molecule has 5 nitrogen and oxygen atoms in total. The number of aromatic nitrogens is 3. The molecule has 1 N–H and O–H groups in total. The highest BCUT2D eigenvalue weighted by Gasteiger charge is 2.12. The minimum atomic E-state index is -0.170. The average Bonchev–Trinajstić information content (AvgIpc) is 2.80. The minimum Gasteiger partial charge on any atom is -0.488 e. The van der Waals surface area contributed by atoms with Crippen molar-refractivity contribution in [2.45, 2.75) is 45.9 Å². The van der Waals surface area contributed by atoms with Crippen molar-refractivity contribution in [1.82, 2.24) is 20.1 Å². The number of nitrogens with one attached hydrogen (secondary N) is 1. The summed E-state index contributed by atoms with van der Waals surface area (Å²) < 4.78 is 7.75. The summed E-state index contributed by atoms with van der Waals surface area (Å²) in [5.41, 5.74) is 1.05. The van der Waals surface area contributed by atoms with Crippen LogP contribution < -0.4 is 10.1 Å². The summed E-state index contributed by atoms with van der Waals surface area (Å²) in [5.74, 6) is 1.82. The molecule has 114 valence electrons. The second kappa shape index (κ2) is 6.26. The largest absolute Gasteiger partial charge is 0.488 e. The first-order valence-electron chi connectivity index (χ1n) is 7.20. The quantitative estimate of drug-likeness (QED) is 0.919. The molecule has 2 rings (SSSR count). The molecule has 0 saturated heterocycles. The Balaban J connectivity index is 1.93. The van der Waals surface area contributed by atoms with Gasteiger partial charge in [-0.25, -0.2) is 0 Å². The van der Waals surface area contributed by atoms with E-state index in [4.69, 9.17) is 4.74 Å². The SMILES string of the molecule is C[C@@H](NCc1nncn1C)c1ccc(OC(C)(C)C)cc1. The van der Waals surface area contributed by atoms with Crippen LogP contribution in [0.5, 0.6) is 5.75 Å². The van der Waals surface area contributed by atoms with Gasteiger partial charge in [0, 0.05) is 13.1 Å². The molecule has 2 aromatic rings. The van der Waals surface area contributed by atoms with Crippen molar-refractivity contribution >= 4 is 0 Å². The van der Waals surface area contributed by atoms with E-state index < -0.39 is 0 Å². The Labute approximate surface area is 126 Å². The fourth-order valence-corrected chi connectivity index (χ4v) is 2.01. The van der Waals surface area contributed by atoms with E-state index in [0.717, 1.165) is 11.6 Å². The molecule has 0 bridgehead atoms. The van der Waals surface area contributed by atoms with Gasteiger partial charge in [-0.05, 0) is 45.4 Å².